The minimum absolute atomic E-state index is 0.243. The number of carbonyl (C=O) groups is 3. The highest BCUT2D eigenvalue weighted by atomic mass is 16.4. The van der Waals surface area contributed by atoms with Gasteiger partial charge in [-0.05, 0) is 12.3 Å². The van der Waals surface area contributed by atoms with Crippen LogP contribution in [-0.4, -0.2) is 46.9 Å². The predicted molar refractivity (Wildman–Crippen MR) is 64.8 cm³/mol. The molecule has 2 amide bonds. The third-order valence-electron chi connectivity index (χ3n) is 3.14. The molecule has 102 valence electrons. The summed E-state index contributed by atoms with van der Waals surface area (Å²) in [7, 11) is 0. The van der Waals surface area contributed by atoms with Gasteiger partial charge in [-0.25, -0.2) is 0 Å². The number of rotatable bonds is 2. The van der Waals surface area contributed by atoms with E-state index in [1.807, 2.05) is 0 Å². The number of carbonyl (C=O) groups excluding carboxylic acids is 2. The van der Waals surface area contributed by atoms with E-state index >= 15 is 0 Å². The highest BCUT2D eigenvalue weighted by molar-refractivity contribution is 6.00. The predicted octanol–water partition coefficient (Wildman–Crippen LogP) is 0.0802. The molecule has 0 aromatic heterocycles. The normalized spacial score (nSPS) is 22.3. The quantitative estimate of drug-likeness (QED) is 0.685. The number of hydrogen-bond acceptors (Lipinski definition) is 3. The van der Waals surface area contributed by atoms with E-state index in [2.05, 4.69) is 5.32 Å². The Kier molecular flexibility index (Phi) is 3.98. The molecule has 18 heavy (non-hydrogen) atoms. The highest BCUT2D eigenvalue weighted by Gasteiger charge is 2.43. The van der Waals surface area contributed by atoms with E-state index in [1.165, 1.54) is 4.90 Å². The molecule has 0 aromatic carbocycles. The van der Waals surface area contributed by atoms with Gasteiger partial charge in [0.2, 0.25) is 11.8 Å². The van der Waals surface area contributed by atoms with Crippen molar-refractivity contribution in [3.8, 4) is 0 Å². The van der Waals surface area contributed by atoms with Gasteiger partial charge in [-0.15, -0.1) is 0 Å². The minimum Gasteiger partial charge on any atom is -0.481 e. The van der Waals surface area contributed by atoms with Crippen molar-refractivity contribution in [1.82, 2.24) is 10.2 Å². The zero-order valence-electron chi connectivity index (χ0n) is 11.2. The van der Waals surface area contributed by atoms with Gasteiger partial charge in [0.15, 0.2) is 0 Å². The molecule has 1 fully saturated rings. The number of hydrogen-bond donors (Lipinski definition) is 2. The standard InChI is InChI=1S/C12H20N2O4/c1-7-9(15)13-5-6-14(7)10(16)8(11(17)18)12(2,3)4/h7-8H,5-6H2,1-4H3,(H,13,15)(H,17,18). The van der Waals surface area contributed by atoms with Gasteiger partial charge in [-0.3, -0.25) is 14.4 Å². The first kappa shape index (κ1) is 14.5. The molecule has 2 atom stereocenters. The molecule has 2 N–H and O–H groups in total. The zero-order chi connectivity index (χ0) is 14.1. The highest BCUT2D eigenvalue weighted by Crippen LogP contribution is 2.28. The maximum Gasteiger partial charge on any atom is 0.316 e. The van der Waals surface area contributed by atoms with Crippen LogP contribution in [0, 0.1) is 11.3 Å². The minimum atomic E-state index is -1.15. The lowest BCUT2D eigenvalue weighted by Gasteiger charge is -2.37. The summed E-state index contributed by atoms with van der Waals surface area (Å²) in [5.74, 6) is -3.01. The molecule has 2 unspecified atom stereocenters. The molecule has 0 bridgehead atoms. The molecule has 0 saturated carbocycles. The van der Waals surface area contributed by atoms with Gasteiger partial charge in [-0.1, -0.05) is 20.8 Å². The largest absolute Gasteiger partial charge is 0.481 e. The number of aliphatic carboxylic acids is 1. The van der Waals surface area contributed by atoms with Crippen LogP contribution in [0.2, 0.25) is 0 Å². The van der Waals surface area contributed by atoms with Crippen LogP contribution in [0.4, 0.5) is 0 Å². The van der Waals surface area contributed by atoms with Crippen molar-refractivity contribution in [1.29, 1.82) is 0 Å². The van der Waals surface area contributed by atoms with Gasteiger partial charge in [-0.2, -0.15) is 0 Å². The smallest absolute Gasteiger partial charge is 0.316 e. The summed E-state index contributed by atoms with van der Waals surface area (Å²) in [6, 6.07) is -0.615. The Morgan fingerprint density at radius 2 is 2.00 bits per heavy atom. The van der Waals surface area contributed by atoms with Gasteiger partial charge >= 0.3 is 5.97 Å². The molecule has 1 saturated heterocycles. The van der Waals surface area contributed by atoms with Gasteiger partial charge in [0, 0.05) is 13.1 Å². The van der Waals surface area contributed by atoms with Gasteiger partial charge in [0.1, 0.15) is 12.0 Å². The average Bonchev–Trinajstić information content (AvgIpc) is 2.19. The van der Waals surface area contributed by atoms with Crippen LogP contribution >= 0.6 is 0 Å². The number of carboxylic acid groups (broad SMARTS) is 1. The van der Waals surface area contributed by atoms with Crippen LogP contribution in [0.1, 0.15) is 27.7 Å². The van der Waals surface area contributed by atoms with Crippen molar-refractivity contribution < 1.29 is 19.5 Å². The van der Waals surface area contributed by atoms with Crippen molar-refractivity contribution in [2.45, 2.75) is 33.7 Å². The van der Waals surface area contributed by atoms with Crippen molar-refractivity contribution in [2.75, 3.05) is 13.1 Å². The van der Waals surface area contributed by atoms with Crippen LogP contribution in [0.25, 0.3) is 0 Å². The number of nitrogens with zero attached hydrogens (tertiary/aromatic N) is 1. The monoisotopic (exact) mass is 256 g/mol. The molecular formula is C12H20N2O4. The summed E-state index contributed by atoms with van der Waals surface area (Å²) >= 11 is 0. The fourth-order valence-corrected chi connectivity index (χ4v) is 2.10. The third kappa shape index (κ3) is 2.80. The Bertz CT molecular complexity index is 373. The second-order valence-corrected chi connectivity index (χ2v) is 5.64. The van der Waals surface area contributed by atoms with Gasteiger partial charge < -0.3 is 15.3 Å². The van der Waals surface area contributed by atoms with E-state index in [1.54, 1.807) is 27.7 Å². The molecule has 0 aliphatic carbocycles. The number of piperazine rings is 1. The molecule has 0 radical (unpaired) electrons. The van der Waals surface area contributed by atoms with Crippen LogP contribution in [0.3, 0.4) is 0 Å². The van der Waals surface area contributed by atoms with E-state index < -0.39 is 29.3 Å². The number of carboxylic acids is 1. The fourth-order valence-electron chi connectivity index (χ4n) is 2.10. The average molecular weight is 256 g/mol. The Morgan fingerprint density at radius 1 is 1.44 bits per heavy atom. The van der Waals surface area contributed by atoms with E-state index in [-0.39, 0.29) is 5.91 Å². The second-order valence-electron chi connectivity index (χ2n) is 5.64. The summed E-state index contributed by atoms with van der Waals surface area (Å²) in [5, 5.41) is 11.9. The van der Waals surface area contributed by atoms with Crippen LogP contribution in [-0.2, 0) is 14.4 Å². The fraction of sp³-hybridized carbons (Fsp3) is 0.750. The van der Waals surface area contributed by atoms with Crippen LogP contribution in [0.15, 0.2) is 0 Å². The number of nitrogens with one attached hydrogen (secondary N) is 1. The molecule has 1 heterocycles. The molecule has 1 rings (SSSR count). The Balaban J connectivity index is 2.97. The topological polar surface area (TPSA) is 86.7 Å². The van der Waals surface area contributed by atoms with E-state index in [0.717, 1.165) is 0 Å². The van der Waals surface area contributed by atoms with E-state index in [0.29, 0.717) is 13.1 Å². The van der Waals surface area contributed by atoms with Crippen molar-refractivity contribution in [3.05, 3.63) is 0 Å². The lowest BCUT2D eigenvalue weighted by molar-refractivity contribution is -0.159. The van der Waals surface area contributed by atoms with Crippen molar-refractivity contribution >= 4 is 17.8 Å². The van der Waals surface area contributed by atoms with E-state index in [4.69, 9.17) is 0 Å². The Labute approximate surface area is 106 Å². The molecule has 6 heteroatoms. The summed E-state index contributed by atoms with van der Waals surface area (Å²) in [6.07, 6.45) is 0. The van der Waals surface area contributed by atoms with Crippen LogP contribution < -0.4 is 5.32 Å². The summed E-state index contributed by atoms with van der Waals surface area (Å²) in [5.41, 5.74) is -0.684. The maximum absolute atomic E-state index is 12.3. The van der Waals surface area contributed by atoms with Crippen molar-refractivity contribution in [3.63, 3.8) is 0 Å². The number of amides is 2. The first-order valence-corrected chi connectivity index (χ1v) is 5.97. The first-order chi connectivity index (χ1) is 8.16. The molecule has 6 nitrogen and oxygen atoms in total. The zero-order valence-corrected chi connectivity index (χ0v) is 11.2. The molecule has 0 spiro atoms. The molecule has 0 aromatic rings. The van der Waals surface area contributed by atoms with Gasteiger partial charge in [0.05, 0.1) is 0 Å². The molecular weight excluding hydrogens is 236 g/mol. The lowest BCUT2D eigenvalue weighted by Crippen LogP contribution is -2.59. The Morgan fingerprint density at radius 3 is 2.44 bits per heavy atom. The molecule has 1 aliphatic rings. The Hall–Kier alpha value is -1.59. The third-order valence-corrected chi connectivity index (χ3v) is 3.14. The SMILES string of the molecule is CC1C(=O)NCCN1C(=O)C(C(=O)O)C(C)(C)C. The second kappa shape index (κ2) is 4.96. The van der Waals surface area contributed by atoms with Crippen molar-refractivity contribution in [2.24, 2.45) is 11.3 Å². The lowest BCUT2D eigenvalue weighted by atomic mass is 9.79. The first-order valence-electron chi connectivity index (χ1n) is 5.97. The van der Waals surface area contributed by atoms with Gasteiger partial charge in [0.25, 0.3) is 0 Å². The summed E-state index contributed by atoms with van der Waals surface area (Å²) < 4.78 is 0. The maximum atomic E-state index is 12.3. The van der Waals surface area contributed by atoms with E-state index in [9.17, 15) is 19.5 Å². The summed E-state index contributed by atoms with van der Waals surface area (Å²) in [4.78, 5) is 36.4. The van der Waals surface area contributed by atoms with Crippen LogP contribution in [0.5, 0.6) is 0 Å². The molecule has 1 aliphatic heterocycles. The summed E-state index contributed by atoms with van der Waals surface area (Å²) in [6.45, 7) is 7.44.